The summed E-state index contributed by atoms with van der Waals surface area (Å²) < 4.78 is 0. The van der Waals surface area contributed by atoms with Crippen molar-refractivity contribution in [2.75, 3.05) is 0 Å². The molecule has 228 valence electrons. The van der Waals surface area contributed by atoms with Crippen LogP contribution < -0.4 is 0 Å². The Hall–Kier alpha value is -5.46. The van der Waals surface area contributed by atoms with Gasteiger partial charge in [0.05, 0.1) is 0 Å². The summed E-state index contributed by atoms with van der Waals surface area (Å²) in [6.45, 7) is 9.67. The molecule has 2 aliphatic rings. The van der Waals surface area contributed by atoms with E-state index < -0.39 is 0 Å². The topological polar surface area (TPSA) is 0 Å². The second kappa shape index (κ2) is 9.55. The van der Waals surface area contributed by atoms with Gasteiger partial charge in [-0.3, -0.25) is 0 Å². The Balaban J connectivity index is 1.18. The van der Waals surface area contributed by atoms with Gasteiger partial charge in [-0.25, -0.2) is 0 Å². The summed E-state index contributed by atoms with van der Waals surface area (Å²) in [5.41, 5.74) is 16.1. The predicted octanol–water partition coefficient (Wildman–Crippen LogP) is 13.1. The van der Waals surface area contributed by atoms with E-state index in [1.54, 1.807) is 0 Å². The molecule has 8 aromatic rings. The third-order valence-electron chi connectivity index (χ3n) is 11.7. The van der Waals surface area contributed by atoms with Crippen LogP contribution in [0.3, 0.4) is 0 Å². The molecule has 0 radical (unpaired) electrons. The van der Waals surface area contributed by atoms with Crippen molar-refractivity contribution in [3.8, 4) is 44.5 Å². The van der Waals surface area contributed by atoms with E-state index >= 15 is 0 Å². The van der Waals surface area contributed by atoms with Gasteiger partial charge in [0, 0.05) is 10.8 Å². The molecule has 0 bridgehead atoms. The molecule has 0 saturated heterocycles. The molecule has 0 atom stereocenters. The van der Waals surface area contributed by atoms with Crippen molar-refractivity contribution in [3.63, 3.8) is 0 Å². The fourth-order valence-electron chi connectivity index (χ4n) is 9.16. The van der Waals surface area contributed by atoms with Crippen molar-refractivity contribution in [2.45, 2.75) is 38.5 Å². The summed E-state index contributed by atoms with van der Waals surface area (Å²) in [5, 5.41) is 7.90. The Morgan fingerprint density at radius 1 is 0.312 bits per heavy atom. The molecule has 0 fully saturated rings. The standard InChI is InChI=1S/C48H36/c1-47(2)42-21-11-20-38-36(35-19-10-15-30-13-6-8-17-33(30)35)24-25-39(46(38)42)41-28-44-40(27-45(41)47)37-23-22-31(26-43(37)48(44,3)4)34-18-9-14-29-12-5-7-16-32(29)34/h5-28H,1-4H3. The molecule has 0 amide bonds. The van der Waals surface area contributed by atoms with Crippen molar-refractivity contribution in [1.29, 1.82) is 0 Å². The fraction of sp³-hybridized carbons (Fsp3) is 0.125. The zero-order valence-electron chi connectivity index (χ0n) is 27.9. The third-order valence-corrected chi connectivity index (χ3v) is 11.7. The first-order chi connectivity index (χ1) is 23.3. The van der Waals surface area contributed by atoms with Crippen molar-refractivity contribution in [3.05, 3.63) is 168 Å². The minimum atomic E-state index is -0.149. The van der Waals surface area contributed by atoms with E-state index in [0.717, 1.165) is 0 Å². The molecule has 10 rings (SSSR count). The predicted molar refractivity (Wildman–Crippen MR) is 205 cm³/mol. The molecule has 0 saturated carbocycles. The second-order valence-electron chi connectivity index (χ2n) is 14.9. The van der Waals surface area contributed by atoms with Gasteiger partial charge in [-0.1, -0.05) is 155 Å². The molecule has 48 heavy (non-hydrogen) atoms. The normalized spacial score (nSPS) is 15.0. The van der Waals surface area contributed by atoms with E-state index in [1.807, 2.05) is 0 Å². The fourth-order valence-corrected chi connectivity index (χ4v) is 9.16. The maximum absolute atomic E-state index is 2.55. The maximum atomic E-state index is 2.55. The van der Waals surface area contributed by atoms with Gasteiger partial charge in [0.15, 0.2) is 0 Å². The zero-order valence-corrected chi connectivity index (χ0v) is 27.9. The second-order valence-corrected chi connectivity index (χ2v) is 14.9. The SMILES string of the molecule is CC1(C)c2cc(-c3cccc4ccccc34)ccc2-c2cc3c(cc21)-c1ccc(-c2cccc4ccccc24)c2cccc(c12)C3(C)C. The highest BCUT2D eigenvalue weighted by Crippen LogP contribution is 2.56. The summed E-state index contributed by atoms with van der Waals surface area (Å²) in [7, 11) is 0. The van der Waals surface area contributed by atoms with Crippen LogP contribution >= 0.6 is 0 Å². The van der Waals surface area contributed by atoms with Crippen molar-refractivity contribution in [2.24, 2.45) is 0 Å². The van der Waals surface area contributed by atoms with Crippen LogP contribution in [0.25, 0.3) is 76.8 Å². The number of benzene rings is 8. The van der Waals surface area contributed by atoms with Crippen molar-refractivity contribution in [1.82, 2.24) is 0 Å². The van der Waals surface area contributed by atoms with E-state index in [9.17, 15) is 0 Å². The molecule has 0 unspecified atom stereocenters. The van der Waals surface area contributed by atoms with E-state index in [4.69, 9.17) is 0 Å². The van der Waals surface area contributed by atoms with E-state index in [0.29, 0.717) is 0 Å². The van der Waals surface area contributed by atoms with Crippen LogP contribution in [0.15, 0.2) is 146 Å². The van der Waals surface area contributed by atoms with Gasteiger partial charge in [0.25, 0.3) is 0 Å². The number of fused-ring (bicyclic) bond motifs is 7. The molecular weight excluding hydrogens is 577 g/mol. The largest absolute Gasteiger partial charge is 0.0616 e. The first-order valence-corrected chi connectivity index (χ1v) is 17.2. The molecule has 0 aromatic heterocycles. The van der Waals surface area contributed by atoms with Gasteiger partial charge in [-0.15, -0.1) is 0 Å². The van der Waals surface area contributed by atoms with Crippen LogP contribution in [-0.2, 0) is 10.8 Å². The Kier molecular flexibility index (Phi) is 5.50. The van der Waals surface area contributed by atoms with Crippen LogP contribution in [-0.4, -0.2) is 0 Å². The van der Waals surface area contributed by atoms with Crippen LogP contribution in [0, 0.1) is 0 Å². The Morgan fingerprint density at radius 2 is 0.792 bits per heavy atom. The zero-order chi connectivity index (χ0) is 32.4. The molecule has 0 heterocycles. The molecule has 2 aliphatic carbocycles. The quantitative estimate of drug-likeness (QED) is 0.182. The van der Waals surface area contributed by atoms with E-state index in [2.05, 4.69) is 173 Å². The lowest BCUT2D eigenvalue weighted by atomic mass is 9.66. The maximum Gasteiger partial charge on any atom is 0.0159 e. The smallest absolute Gasteiger partial charge is 0.0159 e. The van der Waals surface area contributed by atoms with Gasteiger partial charge >= 0.3 is 0 Å². The molecule has 0 nitrogen and oxygen atoms in total. The van der Waals surface area contributed by atoms with Gasteiger partial charge < -0.3 is 0 Å². The first-order valence-electron chi connectivity index (χ1n) is 17.2. The highest BCUT2D eigenvalue weighted by Gasteiger charge is 2.40. The first kappa shape index (κ1) is 27.6. The van der Waals surface area contributed by atoms with Gasteiger partial charge in [-0.2, -0.15) is 0 Å². The van der Waals surface area contributed by atoms with Gasteiger partial charge in [0.1, 0.15) is 0 Å². The van der Waals surface area contributed by atoms with Gasteiger partial charge in [-0.05, 0) is 117 Å². The number of hydrogen-bond acceptors (Lipinski definition) is 0. The minimum absolute atomic E-state index is 0.122. The van der Waals surface area contributed by atoms with Crippen molar-refractivity contribution >= 4 is 32.3 Å². The molecular formula is C48H36. The van der Waals surface area contributed by atoms with Crippen molar-refractivity contribution < 1.29 is 0 Å². The van der Waals surface area contributed by atoms with Gasteiger partial charge in [0.2, 0.25) is 0 Å². The average Bonchev–Trinajstić information content (AvgIpc) is 3.34. The van der Waals surface area contributed by atoms with E-state index in [1.165, 1.54) is 99.1 Å². The lowest BCUT2D eigenvalue weighted by molar-refractivity contribution is 0.639. The number of hydrogen-bond donors (Lipinski definition) is 0. The minimum Gasteiger partial charge on any atom is -0.0616 e. The lowest BCUT2D eigenvalue weighted by Crippen LogP contribution is -2.24. The average molecular weight is 613 g/mol. The molecule has 0 spiro atoms. The van der Waals surface area contributed by atoms with Crippen LogP contribution in [0.1, 0.15) is 49.9 Å². The lowest BCUT2D eigenvalue weighted by Gasteiger charge is -2.36. The molecule has 8 aromatic carbocycles. The van der Waals surface area contributed by atoms with Crippen LogP contribution in [0.4, 0.5) is 0 Å². The number of rotatable bonds is 2. The van der Waals surface area contributed by atoms with Crippen LogP contribution in [0.5, 0.6) is 0 Å². The molecule has 0 N–H and O–H groups in total. The summed E-state index contributed by atoms with van der Waals surface area (Å²) in [4.78, 5) is 0. The Labute approximate surface area is 282 Å². The summed E-state index contributed by atoms with van der Waals surface area (Å²) in [5.74, 6) is 0. The Bertz CT molecular complexity index is 2650. The third kappa shape index (κ3) is 3.61. The summed E-state index contributed by atoms with van der Waals surface area (Å²) >= 11 is 0. The molecule has 0 heteroatoms. The molecule has 0 aliphatic heterocycles. The van der Waals surface area contributed by atoms with E-state index in [-0.39, 0.29) is 10.8 Å². The van der Waals surface area contributed by atoms with Crippen LogP contribution in [0.2, 0.25) is 0 Å². The highest BCUT2D eigenvalue weighted by molar-refractivity contribution is 6.13. The summed E-state index contributed by atoms with van der Waals surface area (Å²) in [6, 6.07) is 54.9. The summed E-state index contributed by atoms with van der Waals surface area (Å²) in [6.07, 6.45) is 0. The Morgan fingerprint density at radius 3 is 1.52 bits per heavy atom. The highest BCUT2D eigenvalue weighted by atomic mass is 14.4. The monoisotopic (exact) mass is 612 g/mol.